The summed E-state index contributed by atoms with van der Waals surface area (Å²) in [6.45, 7) is 1.81. The van der Waals surface area contributed by atoms with Crippen LogP contribution in [0.2, 0.25) is 0 Å². The number of hydrogen-bond acceptors (Lipinski definition) is 3. The van der Waals surface area contributed by atoms with Gasteiger partial charge in [-0.3, -0.25) is 9.69 Å². The van der Waals surface area contributed by atoms with Gasteiger partial charge in [-0.05, 0) is 36.1 Å². The van der Waals surface area contributed by atoms with Crippen molar-refractivity contribution in [3.05, 3.63) is 107 Å². The Morgan fingerprint density at radius 1 is 0.912 bits per heavy atom. The van der Waals surface area contributed by atoms with Crippen molar-refractivity contribution in [2.24, 2.45) is 0 Å². The van der Waals surface area contributed by atoms with Crippen molar-refractivity contribution in [3.8, 4) is 0 Å². The van der Waals surface area contributed by atoms with Gasteiger partial charge in [-0.2, -0.15) is 0 Å². The molecule has 1 aliphatic rings. The van der Waals surface area contributed by atoms with Gasteiger partial charge in [0.05, 0.1) is 6.04 Å². The fourth-order valence-electron chi connectivity index (χ4n) is 4.38. The number of halogens is 3. The number of carbonyl (C=O) groups excluding carboxylic acids is 1. The van der Waals surface area contributed by atoms with Crippen LogP contribution in [0.15, 0.2) is 72.8 Å². The molecule has 1 amide bonds. The van der Waals surface area contributed by atoms with E-state index in [9.17, 15) is 18.0 Å². The summed E-state index contributed by atoms with van der Waals surface area (Å²) in [7, 11) is 0. The van der Waals surface area contributed by atoms with Crippen molar-refractivity contribution in [1.82, 2.24) is 15.5 Å². The van der Waals surface area contributed by atoms with Gasteiger partial charge < -0.3 is 10.6 Å². The average Bonchev–Trinajstić information content (AvgIpc) is 3.23. The molecule has 2 N–H and O–H groups in total. The summed E-state index contributed by atoms with van der Waals surface area (Å²) in [5.74, 6) is -1.58. The third-order valence-electron chi connectivity index (χ3n) is 6.18. The van der Waals surface area contributed by atoms with Crippen molar-refractivity contribution in [1.29, 1.82) is 0 Å². The van der Waals surface area contributed by atoms with E-state index in [1.807, 2.05) is 30.3 Å². The van der Waals surface area contributed by atoms with Crippen LogP contribution in [-0.4, -0.2) is 36.0 Å². The molecular formula is C27H28F3N3O. The summed E-state index contributed by atoms with van der Waals surface area (Å²) < 4.78 is 41.1. The zero-order valence-corrected chi connectivity index (χ0v) is 18.8. The van der Waals surface area contributed by atoms with Gasteiger partial charge in [-0.1, -0.05) is 54.6 Å². The molecule has 3 aromatic rings. The topological polar surface area (TPSA) is 44.4 Å². The smallest absolute Gasteiger partial charge is 0.237 e. The molecule has 0 bridgehead atoms. The predicted molar refractivity (Wildman–Crippen MR) is 125 cm³/mol. The molecule has 3 aromatic carbocycles. The molecule has 178 valence electrons. The number of nitrogens with zero attached hydrogens (tertiary/aromatic N) is 1. The quantitative estimate of drug-likeness (QED) is 0.496. The highest BCUT2D eigenvalue weighted by Crippen LogP contribution is 2.22. The number of benzene rings is 3. The molecule has 0 radical (unpaired) electrons. The Morgan fingerprint density at radius 2 is 1.68 bits per heavy atom. The first-order valence-electron chi connectivity index (χ1n) is 11.5. The number of hydrogen-bond donors (Lipinski definition) is 2. The molecule has 0 aromatic heterocycles. The molecule has 2 atom stereocenters. The van der Waals surface area contributed by atoms with Gasteiger partial charge in [-0.15, -0.1) is 0 Å². The normalized spacial score (nSPS) is 18.2. The minimum atomic E-state index is -0.608. The first kappa shape index (κ1) is 24.0. The molecule has 34 heavy (non-hydrogen) atoms. The second kappa shape index (κ2) is 11.3. The first-order valence-corrected chi connectivity index (χ1v) is 11.5. The molecule has 7 heteroatoms. The highest BCUT2D eigenvalue weighted by molar-refractivity contribution is 5.82. The third-order valence-corrected chi connectivity index (χ3v) is 6.18. The Labute approximate surface area is 197 Å². The van der Waals surface area contributed by atoms with Crippen molar-refractivity contribution in [2.75, 3.05) is 13.1 Å². The fourth-order valence-corrected chi connectivity index (χ4v) is 4.38. The molecule has 1 heterocycles. The van der Waals surface area contributed by atoms with Gasteiger partial charge in [0.1, 0.15) is 17.5 Å². The van der Waals surface area contributed by atoms with E-state index in [4.69, 9.17) is 0 Å². The van der Waals surface area contributed by atoms with E-state index in [1.165, 1.54) is 18.2 Å². The minimum absolute atomic E-state index is 0.0320. The Morgan fingerprint density at radius 3 is 2.44 bits per heavy atom. The van der Waals surface area contributed by atoms with Crippen LogP contribution in [0.3, 0.4) is 0 Å². The average molecular weight is 468 g/mol. The van der Waals surface area contributed by atoms with Crippen molar-refractivity contribution in [2.45, 2.75) is 38.0 Å². The van der Waals surface area contributed by atoms with E-state index >= 15 is 0 Å². The Balaban J connectivity index is 1.38. The van der Waals surface area contributed by atoms with Crippen molar-refractivity contribution >= 4 is 5.91 Å². The van der Waals surface area contributed by atoms with Crippen LogP contribution in [-0.2, 0) is 24.3 Å². The second-order valence-corrected chi connectivity index (χ2v) is 8.61. The standard InChI is InChI=1S/C27H28F3N3O/c28-22-11-10-21(25(30)14-22)16-32-23-15-26(33(18-23)17-19-6-2-1-3-7-19)27(34)31-13-12-20-8-4-5-9-24(20)29/h1-11,14,23,26,32H,12-13,15-18H2,(H,31,34)/t23-,26-/m0/s1. The monoisotopic (exact) mass is 467 g/mol. The van der Waals surface area contributed by atoms with Crippen LogP contribution in [0.1, 0.15) is 23.1 Å². The molecule has 4 rings (SSSR count). The van der Waals surface area contributed by atoms with Crippen LogP contribution in [0.5, 0.6) is 0 Å². The van der Waals surface area contributed by atoms with Gasteiger partial charge in [0.2, 0.25) is 5.91 Å². The minimum Gasteiger partial charge on any atom is -0.354 e. The number of carbonyl (C=O) groups is 1. The van der Waals surface area contributed by atoms with Crippen LogP contribution >= 0.6 is 0 Å². The SMILES string of the molecule is O=C(NCCc1ccccc1F)[C@@H]1C[C@H](NCc2ccc(F)cc2F)CN1Cc1ccccc1. The molecule has 0 aliphatic carbocycles. The summed E-state index contributed by atoms with van der Waals surface area (Å²) >= 11 is 0. The highest BCUT2D eigenvalue weighted by atomic mass is 19.1. The van der Waals surface area contributed by atoms with Gasteiger partial charge in [0, 0.05) is 43.9 Å². The molecule has 1 saturated heterocycles. The summed E-state index contributed by atoms with van der Waals surface area (Å²) in [5, 5.41) is 6.26. The van der Waals surface area contributed by atoms with E-state index in [1.54, 1.807) is 18.2 Å². The lowest BCUT2D eigenvalue weighted by Gasteiger charge is -2.23. The number of rotatable bonds is 9. The second-order valence-electron chi connectivity index (χ2n) is 8.61. The van der Waals surface area contributed by atoms with Crippen LogP contribution in [0, 0.1) is 17.5 Å². The maximum absolute atomic E-state index is 14.0. The molecule has 0 saturated carbocycles. The molecule has 1 aliphatic heterocycles. The molecule has 4 nitrogen and oxygen atoms in total. The zero-order valence-electron chi connectivity index (χ0n) is 18.8. The number of nitrogens with one attached hydrogen (secondary N) is 2. The predicted octanol–water partition coefficient (Wildman–Crippen LogP) is 4.20. The van der Waals surface area contributed by atoms with Gasteiger partial charge in [-0.25, -0.2) is 13.2 Å². The molecule has 1 fully saturated rings. The molecule has 0 unspecified atom stereocenters. The van der Waals surface area contributed by atoms with E-state index in [2.05, 4.69) is 15.5 Å². The molecular weight excluding hydrogens is 439 g/mol. The highest BCUT2D eigenvalue weighted by Gasteiger charge is 2.36. The third kappa shape index (κ3) is 6.24. The van der Waals surface area contributed by atoms with Gasteiger partial charge in [0.15, 0.2) is 0 Å². The largest absolute Gasteiger partial charge is 0.354 e. The van der Waals surface area contributed by atoms with Crippen LogP contribution < -0.4 is 10.6 Å². The van der Waals surface area contributed by atoms with Crippen molar-refractivity contribution < 1.29 is 18.0 Å². The number of likely N-dealkylation sites (tertiary alicyclic amines) is 1. The Hall–Kier alpha value is -3.16. The summed E-state index contributed by atoms with van der Waals surface area (Å²) in [6.07, 6.45) is 0.969. The summed E-state index contributed by atoms with van der Waals surface area (Å²) in [6, 6.07) is 19.6. The summed E-state index contributed by atoms with van der Waals surface area (Å²) in [5.41, 5.74) is 2.04. The van der Waals surface area contributed by atoms with E-state index in [0.29, 0.717) is 43.6 Å². The lowest BCUT2D eigenvalue weighted by atomic mass is 10.1. The Bertz CT molecular complexity index is 1110. The van der Waals surface area contributed by atoms with Crippen LogP contribution in [0.4, 0.5) is 13.2 Å². The lowest BCUT2D eigenvalue weighted by molar-refractivity contribution is -0.125. The summed E-state index contributed by atoms with van der Waals surface area (Å²) in [4.78, 5) is 15.2. The van der Waals surface area contributed by atoms with E-state index in [0.717, 1.165) is 11.6 Å². The van der Waals surface area contributed by atoms with Gasteiger partial charge >= 0.3 is 0 Å². The maximum atomic E-state index is 14.0. The Kier molecular flexibility index (Phi) is 7.98. The lowest BCUT2D eigenvalue weighted by Crippen LogP contribution is -2.43. The maximum Gasteiger partial charge on any atom is 0.237 e. The zero-order chi connectivity index (χ0) is 23.9. The fraction of sp³-hybridized carbons (Fsp3) is 0.296. The molecule has 0 spiro atoms. The number of amides is 1. The van der Waals surface area contributed by atoms with E-state index in [-0.39, 0.29) is 30.4 Å². The first-order chi connectivity index (χ1) is 16.5. The van der Waals surface area contributed by atoms with Crippen LogP contribution in [0.25, 0.3) is 0 Å². The van der Waals surface area contributed by atoms with Gasteiger partial charge in [0.25, 0.3) is 0 Å². The van der Waals surface area contributed by atoms with Crippen molar-refractivity contribution in [3.63, 3.8) is 0 Å². The van der Waals surface area contributed by atoms with E-state index < -0.39 is 11.6 Å².